The van der Waals surface area contributed by atoms with E-state index in [1.807, 2.05) is 17.7 Å². The van der Waals surface area contributed by atoms with Crippen molar-refractivity contribution in [2.45, 2.75) is 25.6 Å². The fourth-order valence-electron chi connectivity index (χ4n) is 2.24. The Morgan fingerprint density at radius 3 is 2.65 bits per heavy atom. The van der Waals surface area contributed by atoms with Gasteiger partial charge < -0.3 is 9.55 Å². The zero-order valence-corrected chi connectivity index (χ0v) is 12.8. The highest BCUT2D eigenvalue weighted by Crippen LogP contribution is 2.32. The lowest BCUT2D eigenvalue weighted by molar-refractivity contribution is -0.137. The van der Waals surface area contributed by atoms with E-state index in [0.717, 1.165) is 29.8 Å². The smallest absolute Gasteiger partial charge is 0.331 e. The molecule has 1 atom stereocenters. The average molecular weight is 320 g/mol. The van der Waals surface area contributed by atoms with Gasteiger partial charge in [0.1, 0.15) is 0 Å². The minimum Gasteiger partial charge on any atom is -0.331 e. The van der Waals surface area contributed by atoms with Crippen molar-refractivity contribution < 1.29 is 13.2 Å². The van der Waals surface area contributed by atoms with Crippen molar-refractivity contribution in [2.24, 2.45) is 0 Å². The molecule has 20 heavy (non-hydrogen) atoms. The molecule has 0 saturated heterocycles. The maximum absolute atomic E-state index is 12.7. The maximum Gasteiger partial charge on any atom is 0.416 e. The lowest BCUT2D eigenvalue weighted by atomic mass is 10.2. The monoisotopic (exact) mass is 320 g/mol. The number of aromatic amines is 1. The van der Waals surface area contributed by atoms with Crippen molar-refractivity contribution in [3.05, 3.63) is 28.5 Å². The maximum atomic E-state index is 12.7. The third-order valence-corrected chi connectivity index (χ3v) is 4.26. The summed E-state index contributed by atoms with van der Waals surface area (Å²) in [5.74, 6) is 0.874. The average Bonchev–Trinajstić information content (AvgIpc) is 2.70. The van der Waals surface area contributed by atoms with Crippen LogP contribution >= 0.6 is 24.0 Å². The van der Waals surface area contributed by atoms with Crippen LogP contribution in [0.1, 0.15) is 24.9 Å². The van der Waals surface area contributed by atoms with Crippen molar-refractivity contribution >= 4 is 35.0 Å². The van der Waals surface area contributed by atoms with Gasteiger partial charge in [-0.1, -0.05) is 6.92 Å². The van der Waals surface area contributed by atoms with Crippen LogP contribution in [0.3, 0.4) is 0 Å². The van der Waals surface area contributed by atoms with E-state index < -0.39 is 11.7 Å². The molecular weight excluding hydrogens is 305 g/mol. The number of nitrogens with zero attached hydrogens (tertiary/aromatic N) is 1. The van der Waals surface area contributed by atoms with Crippen LogP contribution in [0.15, 0.2) is 18.2 Å². The quantitative estimate of drug-likeness (QED) is 0.797. The summed E-state index contributed by atoms with van der Waals surface area (Å²) >= 11 is 6.96. The first kappa shape index (κ1) is 15.4. The predicted octanol–water partition coefficient (Wildman–Crippen LogP) is 5.03. The van der Waals surface area contributed by atoms with Gasteiger partial charge in [-0.05, 0) is 43.1 Å². The first-order valence-corrected chi connectivity index (χ1v) is 7.99. The Balaban J connectivity index is 2.58. The summed E-state index contributed by atoms with van der Waals surface area (Å²) in [6.45, 7) is 2.05. The third-order valence-electron chi connectivity index (χ3n) is 3.24. The van der Waals surface area contributed by atoms with Crippen molar-refractivity contribution in [1.82, 2.24) is 9.55 Å². The normalized spacial score (nSPS) is 13.8. The largest absolute Gasteiger partial charge is 0.416 e. The van der Waals surface area contributed by atoms with E-state index in [9.17, 15) is 13.2 Å². The Morgan fingerprint density at radius 1 is 1.40 bits per heavy atom. The van der Waals surface area contributed by atoms with Gasteiger partial charge in [-0.15, -0.1) is 0 Å². The van der Waals surface area contributed by atoms with Crippen molar-refractivity contribution in [3.63, 3.8) is 0 Å². The number of imidazole rings is 1. The topological polar surface area (TPSA) is 20.7 Å². The molecule has 0 fully saturated rings. The van der Waals surface area contributed by atoms with Crippen LogP contribution in [0.4, 0.5) is 13.2 Å². The van der Waals surface area contributed by atoms with E-state index >= 15 is 0 Å². The highest BCUT2D eigenvalue weighted by Gasteiger charge is 2.31. The molecule has 2 nitrogen and oxygen atoms in total. The molecule has 0 spiro atoms. The molecule has 0 aliphatic rings. The summed E-state index contributed by atoms with van der Waals surface area (Å²) in [7, 11) is 0. The molecule has 0 bridgehead atoms. The summed E-state index contributed by atoms with van der Waals surface area (Å²) in [4.78, 5) is 2.88. The summed E-state index contributed by atoms with van der Waals surface area (Å²) < 4.78 is 40.5. The number of rotatable bonds is 4. The minimum atomic E-state index is -4.34. The van der Waals surface area contributed by atoms with E-state index in [4.69, 9.17) is 12.2 Å². The van der Waals surface area contributed by atoms with Gasteiger partial charge in [0.2, 0.25) is 0 Å². The molecule has 0 amide bonds. The van der Waals surface area contributed by atoms with Gasteiger partial charge in [0.15, 0.2) is 4.77 Å². The molecule has 1 aromatic carbocycles. The minimum absolute atomic E-state index is 0.183. The number of alkyl halides is 3. The summed E-state index contributed by atoms with van der Waals surface area (Å²) in [5.41, 5.74) is 0.500. The van der Waals surface area contributed by atoms with Gasteiger partial charge in [-0.2, -0.15) is 24.9 Å². The molecule has 0 aliphatic carbocycles. The van der Waals surface area contributed by atoms with Gasteiger partial charge in [-0.25, -0.2) is 0 Å². The molecule has 2 aromatic rings. The second-order valence-corrected chi connectivity index (χ2v) is 5.84. The second kappa shape index (κ2) is 5.81. The van der Waals surface area contributed by atoms with Gasteiger partial charge in [0.25, 0.3) is 0 Å². The number of thioether (sulfide) groups is 1. The lowest BCUT2D eigenvalue weighted by Gasteiger charge is -2.16. The fraction of sp³-hybridized carbons (Fsp3) is 0.462. The fourth-order valence-corrected chi connectivity index (χ4v) is 3.36. The second-order valence-electron chi connectivity index (χ2n) is 4.55. The predicted molar refractivity (Wildman–Crippen MR) is 79.8 cm³/mol. The van der Waals surface area contributed by atoms with Gasteiger partial charge in [0, 0.05) is 11.8 Å². The molecule has 2 rings (SSSR count). The van der Waals surface area contributed by atoms with E-state index in [2.05, 4.69) is 4.98 Å². The number of benzene rings is 1. The SMILES string of the molecule is CCC(CSC)n1c(=S)[nH]c2cc(C(F)(F)F)ccc21. The molecule has 0 saturated carbocycles. The summed E-state index contributed by atoms with van der Waals surface area (Å²) in [5, 5.41) is 0. The first-order valence-electron chi connectivity index (χ1n) is 6.19. The molecule has 1 aromatic heterocycles. The zero-order valence-electron chi connectivity index (χ0n) is 11.1. The van der Waals surface area contributed by atoms with E-state index in [1.54, 1.807) is 11.8 Å². The molecule has 0 radical (unpaired) electrons. The summed E-state index contributed by atoms with van der Waals surface area (Å²) in [6, 6.07) is 3.90. The molecule has 1 unspecified atom stereocenters. The number of hydrogen-bond acceptors (Lipinski definition) is 2. The van der Waals surface area contributed by atoms with Crippen LogP contribution < -0.4 is 0 Å². The zero-order chi connectivity index (χ0) is 14.9. The number of halogens is 3. The molecule has 7 heteroatoms. The van der Waals surface area contributed by atoms with Crippen molar-refractivity contribution in [1.29, 1.82) is 0 Å². The standard InChI is InChI=1S/C13H15F3N2S2/c1-3-9(7-20-2)18-11-5-4-8(13(14,15)16)6-10(11)17-12(18)19/h4-6,9H,3,7H2,1-2H3,(H,17,19). The number of nitrogens with one attached hydrogen (secondary N) is 1. The van der Waals surface area contributed by atoms with E-state index in [0.29, 0.717) is 10.3 Å². The molecule has 1 N–H and O–H groups in total. The Labute approximate surface area is 124 Å². The van der Waals surface area contributed by atoms with Crippen LogP contribution in [0.2, 0.25) is 0 Å². The summed E-state index contributed by atoms with van der Waals surface area (Å²) in [6.07, 6.45) is -1.46. The number of hydrogen-bond donors (Lipinski definition) is 1. The van der Waals surface area contributed by atoms with Gasteiger partial charge >= 0.3 is 6.18 Å². The number of fused-ring (bicyclic) bond motifs is 1. The van der Waals surface area contributed by atoms with Gasteiger partial charge in [-0.3, -0.25) is 0 Å². The van der Waals surface area contributed by atoms with Gasteiger partial charge in [0.05, 0.1) is 16.6 Å². The highest BCUT2D eigenvalue weighted by molar-refractivity contribution is 7.98. The van der Waals surface area contributed by atoms with Crippen LogP contribution in [0.5, 0.6) is 0 Å². The first-order chi connectivity index (χ1) is 9.38. The molecule has 110 valence electrons. The molecule has 0 aliphatic heterocycles. The van der Waals surface area contributed by atoms with E-state index in [-0.39, 0.29) is 6.04 Å². The number of aromatic nitrogens is 2. The van der Waals surface area contributed by atoms with Crippen LogP contribution in [-0.2, 0) is 6.18 Å². The highest BCUT2D eigenvalue weighted by atomic mass is 32.2. The Bertz CT molecular complexity index is 658. The Hall–Kier alpha value is -0.950. The van der Waals surface area contributed by atoms with Crippen molar-refractivity contribution in [3.8, 4) is 0 Å². The Morgan fingerprint density at radius 2 is 2.10 bits per heavy atom. The Kier molecular flexibility index (Phi) is 4.49. The lowest BCUT2D eigenvalue weighted by Crippen LogP contribution is -2.11. The molecule has 1 heterocycles. The van der Waals surface area contributed by atoms with Crippen LogP contribution in [0.25, 0.3) is 11.0 Å². The van der Waals surface area contributed by atoms with Crippen LogP contribution in [0, 0.1) is 4.77 Å². The van der Waals surface area contributed by atoms with Crippen LogP contribution in [-0.4, -0.2) is 21.6 Å². The number of H-pyrrole nitrogens is 1. The van der Waals surface area contributed by atoms with Crippen molar-refractivity contribution in [2.75, 3.05) is 12.0 Å². The molecular formula is C13H15F3N2S2. The third kappa shape index (κ3) is 2.88. The van der Waals surface area contributed by atoms with E-state index in [1.165, 1.54) is 6.07 Å².